The first-order valence-corrected chi connectivity index (χ1v) is 7.48. The summed E-state index contributed by atoms with van der Waals surface area (Å²) in [4.78, 5) is 1.54. The first-order valence-electron chi connectivity index (χ1n) is 7.48. The lowest BCUT2D eigenvalue weighted by molar-refractivity contribution is -0.187. The number of nitrogens with zero attached hydrogens (tertiary/aromatic N) is 1. The number of alkyl halides is 3. The number of fused-ring (bicyclic) bond motifs is 1. The summed E-state index contributed by atoms with van der Waals surface area (Å²) in [7, 11) is 0. The fraction of sp³-hybridized carbons (Fsp3) is 0.412. The standard InChI is InChI=1S/C17H19F3N2.ClH/c1-12-6-7-15(14-5-3-2-4-13(12)14)16(17(18,19)20)22-10-8-21-9-11-22;/h2-7,16,21H,8-11H2,1H3;1H/t16-;/m0./s1. The molecular formula is C17H20ClF3N2. The number of rotatable bonds is 2. The minimum Gasteiger partial charge on any atom is -0.314 e. The molecule has 2 aromatic carbocycles. The summed E-state index contributed by atoms with van der Waals surface area (Å²) in [6.45, 7) is 3.94. The first kappa shape index (κ1) is 18.0. The van der Waals surface area contributed by atoms with E-state index in [9.17, 15) is 13.2 Å². The van der Waals surface area contributed by atoms with Crippen LogP contribution in [0.1, 0.15) is 17.2 Å². The van der Waals surface area contributed by atoms with Crippen molar-refractivity contribution in [3.05, 3.63) is 47.5 Å². The second-order valence-electron chi connectivity index (χ2n) is 5.75. The Labute approximate surface area is 140 Å². The van der Waals surface area contributed by atoms with Gasteiger partial charge in [0.05, 0.1) is 0 Å². The predicted octanol–water partition coefficient (Wildman–Crippen LogP) is 4.08. The molecule has 0 saturated carbocycles. The van der Waals surface area contributed by atoms with Crippen LogP contribution in [0.3, 0.4) is 0 Å². The largest absolute Gasteiger partial charge is 0.408 e. The fourth-order valence-corrected chi connectivity index (χ4v) is 3.23. The predicted molar refractivity (Wildman–Crippen MR) is 89.2 cm³/mol. The molecule has 1 aliphatic rings. The molecule has 1 saturated heterocycles. The topological polar surface area (TPSA) is 15.3 Å². The van der Waals surface area contributed by atoms with E-state index >= 15 is 0 Å². The average Bonchev–Trinajstić information content (AvgIpc) is 2.50. The van der Waals surface area contributed by atoms with Gasteiger partial charge in [0, 0.05) is 26.2 Å². The van der Waals surface area contributed by atoms with Gasteiger partial charge in [-0.2, -0.15) is 13.2 Å². The van der Waals surface area contributed by atoms with Crippen LogP contribution in [0, 0.1) is 6.92 Å². The van der Waals surface area contributed by atoms with E-state index in [1.807, 2.05) is 19.1 Å². The molecule has 1 N–H and O–H groups in total. The molecule has 1 aliphatic heterocycles. The summed E-state index contributed by atoms with van der Waals surface area (Å²) in [6, 6.07) is 9.23. The van der Waals surface area contributed by atoms with Crippen molar-refractivity contribution in [1.29, 1.82) is 0 Å². The van der Waals surface area contributed by atoms with E-state index in [1.165, 1.54) is 4.90 Å². The van der Waals surface area contributed by atoms with Crippen LogP contribution < -0.4 is 5.32 Å². The highest BCUT2D eigenvalue weighted by Gasteiger charge is 2.45. The maximum atomic E-state index is 13.8. The quantitative estimate of drug-likeness (QED) is 0.883. The summed E-state index contributed by atoms with van der Waals surface area (Å²) in [5.74, 6) is 0. The molecule has 2 nitrogen and oxygen atoms in total. The summed E-state index contributed by atoms with van der Waals surface area (Å²) in [6.07, 6.45) is -4.28. The third-order valence-corrected chi connectivity index (χ3v) is 4.30. The Balaban J connectivity index is 0.00000192. The number of aryl methyl sites for hydroxylation is 1. The van der Waals surface area contributed by atoms with E-state index < -0.39 is 12.2 Å². The number of halogens is 4. The number of hydrogen-bond acceptors (Lipinski definition) is 2. The Kier molecular flexibility index (Phi) is 5.55. The lowest BCUT2D eigenvalue weighted by Crippen LogP contribution is -2.49. The van der Waals surface area contributed by atoms with Gasteiger partial charge in [-0.05, 0) is 28.8 Å². The molecule has 1 atom stereocenters. The number of nitrogens with one attached hydrogen (secondary N) is 1. The van der Waals surface area contributed by atoms with Crippen molar-refractivity contribution in [1.82, 2.24) is 10.2 Å². The molecule has 0 spiro atoms. The Hall–Kier alpha value is -1.30. The molecule has 2 aromatic rings. The molecule has 1 heterocycles. The van der Waals surface area contributed by atoms with Gasteiger partial charge in [-0.3, -0.25) is 4.90 Å². The number of piperazine rings is 1. The number of hydrogen-bond donors (Lipinski definition) is 1. The van der Waals surface area contributed by atoms with Crippen molar-refractivity contribution in [2.24, 2.45) is 0 Å². The van der Waals surface area contributed by atoms with Crippen molar-refractivity contribution in [2.45, 2.75) is 19.1 Å². The van der Waals surface area contributed by atoms with Crippen molar-refractivity contribution in [3.63, 3.8) is 0 Å². The minimum atomic E-state index is -4.28. The molecular weight excluding hydrogens is 325 g/mol. The van der Waals surface area contributed by atoms with Gasteiger partial charge in [-0.15, -0.1) is 12.4 Å². The highest BCUT2D eigenvalue weighted by atomic mass is 35.5. The molecule has 23 heavy (non-hydrogen) atoms. The second-order valence-corrected chi connectivity index (χ2v) is 5.75. The maximum absolute atomic E-state index is 13.8. The normalized spacial score (nSPS) is 17.7. The van der Waals surface area contributed by atoms with Gasteiger partial charge in [0.15, 0.2) is 0 Å². The van der Waals surface area contributed by atoms with Crippen LogP contribution in [-0.2, 0) is 0 Å². The number of benzene rings is 2. The van der Waals surface area contributed by atoms with E-state index in [-0.39, 0.29) is 12.4 Å². The van der Waals surface area contributed by atoms with Gasteiger partial charge in [-0.25, -0.2) is 0 Å². The van der Waals surface area contributed by atoms with Crippen LogP contribution in [-0.4, -0.2) is 37.3 Å². The molecule has 126 valence electrons. The van der Waals surface area contributed by atoms with Gasteiger partial charge in [0.25, 0.3) is 0 Å². The second kappa shape index (κ2) is 7.07. The van der Waals surface area contributed by atoms with E-state index in [0.717, 1.165) is 10.9 Å². The van der Waals surface area contributed by atoms with E-state index in [1.54, 1.807) is 24.3 Å². The summed E-state index contributed by atoms with van der Waals surface area (Å²) in [5, 5.41) is 4.70. The van der Waals surface area contributed by atoms with Crippen molar-refractivity contribution < 1.29 is 13.2 Å². The van der Waals surface area contributed by atoms with Crippen LogP contribution in [0.2, 0.25) is 0 Å². The molecule has 0 amide bonds. The zero-order valence-corrected chi connectivity index (χ0v) is 13.7. The Morgan fingerprint density at radius 2 is 1.61 bits per heavy atom. The molecule has 0 aliphatic carbocycles. The molecule has 0 bridgehead atoms. The average molecular weight is 345 g/mol. The van der Waals surface area contributed by atoms with Crippen molar-refractivity contribution in [3.8, 4) is 0 Å². The third-order valence-electron chi connectivity index (χ3n) is 4.30. The van der Waals surface area contributed by atoms with Gasteiger partial charge in [0.2, 0.25) is 0 Å². The SMILES string of the molecule is Cc1ccc([C@H](N2CCNCC2)C(F)(F)F)c2ccccc12.Cl. The molecule has 1 fully saturated rings. The van der Waals surface area contributed by atoms with Crippen LogP contribution >= 0.6 is 12.4 Å². The molecule has 6 heteroatoms. The maximum Gasteiger partial charge on any atom is 0.408 e. The molecule has 3 rings (SSSR count). The zero-order chi connectivity index (χ0) is 15.7. The van der Waals surface area contributed by atoms with Gasteiger partial charge in [0.1, 0.15) is 6.04 Å². The monoisotopic (exact) mass is 344 g/mol. The fourth-order valence-electron chi connectivity index (χ4n) is 3.23. The van der Waals surface area contributed by atoms with E-state index in [4.69, 9.17) is 0 Å². The molecule has 0 aromatic heterocycles. The van der Waals surface area contributed by atoms with Gasteiger partial charge < -0.3 is 5.32 Å². The Bertz CT molecular complexity index is 666. The molecule has 0 unspecified atom stereocenters. The molecule has 0 radical (unpaired) electrons. The lowest BCUT2D eigenvalue weighted by Gasteiger charge is -2.36. The van der Waals surface area contributed by atoms with Crippen molar-refractivity contribution in [2.75, 3.05) is 26.2 Å². The van der Waals surface area contributed by atoms with Gasteiger partial charge >= 0.3 is 6.18 Å². The summed E-state index contributed by atoms with van der Waals surface area (Å²) in [5.41, 5.74) is 1.36. The Morgan fingerprint density at radius 1 is 1.00 bits per heavy atom. The summed E-state index contributed by atoms with van der Waals surface area (Å²) >= 11 is 0. The third kappa shape index (κ3) is 3.62. The minimum absolute atomic E-state index is 0. The first-order chi connectivity index (χ1) is 10.5. The highest BCUT2D eigenvalue weighted by Crippen LogP contribution is 2.41. The Morgan fingerprint density at radius 3 is 2.22 bits per heavy atom. The van der Waals surface area contributed by atoms with Crippen LogP contribution in [0.25, 0.3) is 10.8 Å². The lowest BCUT2D eigenvalue weighted by atomic mass is 9.94. The smallest absolute Gasteiger partial charge is 0.314 e. The van der Waals surface area contributed by atoms with Gasteiger partial charge in [-0.1, -0.05) is 36.4 Å². The van der Waals surface area contributed by atoms with E-state index in [2.05, 4.69) is 5.32 Å². The van der Waals surface area contributed by atoms with Crippen molar-refractivity contribution >= 4 is 23.2 Å². The zero-order valence-electron chi connectivity index (χ0n) is 12.9. The van der Waals surface area contributed by atoms with Crippen LogP contribution in [0.5, 0.6) is 0 Å². The highest BCUT2D eigenvalue weighted by molar-refractivity contribution is 5.89. The van der Waals surface area contributed by atoms with Crippen LogP contribution in [0.15, 0.2) is 36.4 Å². The van der Waals surface area contributed by atoms with E-state index in [0.29, 0.717) is 37.1 Å². The van der Waals surface area contributed by atoms with Crippen LogP contribution in [0.4, 0.5) is 13.2 Å². The summed E-state index contributed by atoms with van der Waals surface area (Å²) < 4.78 is 41.3.